The van der Waals surface area contributed by atoms with Crippen LogP contribution in [0.25, 0.3) is 0 Å². The fraction of sp³-hybridized carbons (Fsp3) is 0.533. The molecule has 20 heavy (non-hydrogen) atoms. The van der Waals surface area contributed by atoms with Gasteiger partial charge in [-0.25, -0.2) is 9.18 Å². The number of halogens is 1. The van der Waals surface area contributed by atoms with E-state index in [0.717, 1.165) is 19.3 Å². The molecule has 0 amide bonds. The molecule has 1 unspecified atom stereocenters. The van der Waals surface area contributed by atoms with Crippen LogP contribution in [0.5, 0.6) is 5.75 Å². The highest BCUT2D eigenvalue weighted by molar-refractivity contribution is 5.90. The van der Waals surface area contributed by atoms with E-state index < -0.39 is 11.8 Å². The predicted molar refractivity (Wildman–Crippen MR) is 69.5 cm³/mol. The molecule has 1 atom stereocenters. The van der Waals surface area contributed by atoms with Crippen LogP contribution in [0.1, 0.15) is 42.5 Å². The second kappa shape index (κ2) is 5.05. The van der Waals surface area contributed by atoms with Gasteiger partial charge in [-0.05, 0) is 31.4 Å². The molecule has 5 heteroatoms. The van der Waals surface area contributed by atoms with Crippen molar-refractivity contribution in [3.63, 3.8) is 0 Å². The maximum Gasteiger partial charge on any atom is 0.339 e. The highest BCUT2D eigenvalue weighted by Gasteiger charge is 2.43. The molecule has 0 radical (unpaired) electrons. The molecular formula is C15H17FO4. The van der Waals surface area contributed by atoms with Crippen LogP contribution >= 0.6 is 0 Å². The standard InChI is InChI=1S/C15H17FO4/c16-12-4-1-3-11(14(17)18)13(12)20-10-5-8-19-15(9-10)6-2-7-15/h1,3-4,10H,2,5-9H2,(H,17,18). The Labute approximate surface area is 116 Å². The third kappa shape index (κ3) is 2.38. The minimum Gasteiger partial charge on any atom is -0.486 e. The minimum atomic E-state index is -1.18. The number of rotatable bonds is 3. The number of ether oxygens (including phenoxy) is 2. The van der Waals surface area contributed by atoms with Gasteiger partial charge in [0.05, 0.1) is 12.2 Å². The zero-order chi connectivity index (χ0) is 14.2. The molecule has 2 fully saturated rings. The molecule has 1 aliphatic carbocycles. The van der Waals surface area contributed by atoms with Gasteiger partial charge in [-0.2, -0.15) is 0 Å². The number of aromatic carboxylic acids is 1. The highest BCUT2D eigenvalue weighted by Crippen LogP contribution is 2.43. The summed E-state index contributed by atoms with van der Waals surface area (Å²) in [5.41, 5.74) is -0.239. The van der Waals surface area contributed by atoms with Gasteiger partial charge in [-0.1, -0.05) is 6.07 Å². The molecule has 1 aromatic rings. The summed E-state index contributed by atoms with van der Waals surface area (Å²) < 4.78 is 25.3. The lowest BCUT2D eigenvalue weighted by atomic mass is 9.74. The van der Waals surface area contributed by atoms with E-state index in [1.165, 1.54) is 18.2 Å². The van der Waals surface area contributed by atoms with Gasteiger partial charge >= 0.3 is 5.97 Å². The Hall–Kier alpha value is -1.62. The molecule has 1 aliphatic heterocycles. The van der Waals surface area contributed by atoms with Crippen LogP contribution in [0.15, 0.2) is 18.2 Å². The molecule has 1 spiro atoms. The molecule has 1 N–H and O–H groups in total. The van der Waals surface area contributed by atoms with Crippen molar-refractivity contribution in [2.75, 3.05) is 6.61 Å². The van der Waals surface area contributed by atoms with E-state index in [-0.39, 0.29) is 23.0 Å². The number of hydrogen-bond acceptors (Lipinski definition) is 3. The normalized spacial score (nSPS) is 24.1. The van der Waals surface area contributed by atoms with Crippen LogP contribution in [0, 0.1) is 5.82 Å². The van der Waals surface area contributed by atoms with Gasteiger partial charge in [0.2, 0.25) is 0 Å². The van der Waals surface area contributed by atoms with E-state index in [0.29, 0.717) is 19.4 Å². The van der Waals surface area contributed by atoms with Crippen LogP contribution in [0.3, 0.4) is 0 Å². The van der Waals surface area contributed by atoms with Crippen molar-refractivity contribution in [3.05, 3.63) is 29.6 Å². The first-order chi connectivity index (χ1) is 9.60. The van der Waals surface area contributed by atoms with E-state index in [1.807, 2.05) is 0 Å². The first-order valence-corrected chi connectivity index (χ1v) is 6.92. The molecule has 1 heterocycles. The van der Waals surface area contributed by atoms with E-state index in [4.69, 9.17) is 14.6 Å². The summed E-state index contributed by atoms with van der Waals surface area (Å²) >= 11 is 0. The molecule has 108 valence electrons. The van der Waals surface area contributed by atoms with E-state index in [9.17, 15) is 9.18 Å². The fourth-order valence-electron chi connectivity index (χ4n) is 2.97. The van der Waals surface area contributed by atoms with Gasteiger partial charge in [0, 0.05) is 12.8 Å². The third-order valence-electron chi connectivity index (χ3n) is 4.19. The Morgan fingerprint density at radius 1 is 1.45 bits per heavy atom. The maximum absolute atomic E-state index is 13.8. The summed E-state index contributed by atoms with van der Waals surface area (Å²) in [4.78, 5) is 11.1. The van der Waals surface area contributed by atoms with Crippen molar-refractivity contribution in [1.82, 2.24) is 0 Å². The maximum atomic E-state index is 13.8. The van der Waals surface area contributed by atoms with Gasteiger partial charge in [0.1, 0.15) is 11.7 Å². The number of carbonyl (C=O) groups is 1. The second-order valence-corrected chi connectivity index (χ2v) is 5.54. The number of para-hydroxylation sites is 1. The van der Waals surface area contributed by atoms with Crippen molar-refractivity contribution in [2.45, 2.75) is 43.8 Å². The monoisotopic (exact) mass is 280 g/mol. The Balaban J connectivity index is 1.79. The largest absolute Gasteiger partial charge is 0.486 e. The van der Waals surface area contributed by atoms with Crippen molar-refractivity contribution in [2.24, 2.45) is 0 Å². The quantitative estimate of drug-likeness (QED) is 0.924. The molecule has 0 bridgehead atoms. The molecule has 1 aromatic carbocycles. The SMILES string of the molecule is O=C(O)c1cccc(F)c1OC1CCOC2(CCC2)C1. The lowest BCUT2D eigenvalue weighted by Gasteiger charge is -2.46. The summed E-state index contributed by atoms with van der Waals surface area (Å²) in [6.07, 6.45) is 4.35. The summed E-state index contributed by atoms with van der Waals surface area (Å²) in [6, 6.07) is 3.96. The van der Waals surface area contributed by atoms with E-state index in [1.54, 1.807) is 0 Å². The first kappa shape index (κ1) is 13.4. The van der Waals surface area contributed by atoms with Crippen LogP contribution < -0.4 is 4.74 Å². The number of benzene rings is 1. The Morgan fingerprint density at radius 3 is 2.90 bits per heavy atom. The lowest BCUT2D eigenvalue weighted by molar-refractivity contribution is -0.153. The van der Waals surface area contributed by atoms with Crippen LogP contribution in [-0.4, -0.2) is 29.4 Å². The minimum absolute atomic E-state index is 0.114. The summed E-state index contributed by atoms with van der Waals surface area (Å²) in [5, 5.41) is 9.11. The van der Waals surface area contributed by atoms with Gasteiger partial charge in [0.25, 0.3) is 0 Å². The zero-order valence-electron chi connectivity index (χ0n) is 11.1. The van der Waals surface area contributed by atoms with Crippen molar-refractivity contribution in [3.8, 4) is 5.75 Å². The van der Waals surface area contributed by atoms with Crippen LogP contribution in [0.4, 0.5) is 4.39 Å². The smallest absolute Gasteiger partial charge is 0.339 e. The third-order valence-corrected chi connectivity index (χ3v) is 4.19. The van der Waals surface area contributed by atoms with Crippen molar-refractivity contribution < 1.29 is 23.8 Å². The topological polar surface area (TPSA) is 55.8 Å². The molecule has 4 nitrogen and oxygen atoms in total. The number of carboxylic acids is 1. The molecule has 2 aliphatic rings. The zero-order valence-corrected chi connectivity index (χ0v) is 11.1. The van der Waals surface area contributed by atoms with Crippen molar-refractivity contribution in [1.29, 1.82) is 0 Å². The molecule has 1 saturated carbocycles. The summed E-state index contributed by atoms with van der Waals surface area (Å²) in [7, 11) is 0. The van der Waals surface area contributed by atoms with E-state index in [2.05, 4.69) is 0 Å². The fourth-order valence-corrected chi connectivity index (χ4v) is 2.97. The summed E-state index contributed by atoms with van der Waals surface area (Å²) in [6.45, 7) is 0.585. The molecule has 3 rings (SSSR count). The molecule has 1 saturated heterocycles. The first-order valence-electron chi connectivity index (χ1n) is 6.92. The predicted octanol–water partition coefficient (Wildman–Crippen LogP) is 3.00. The number of carboxylic acid groups (broad SMARTS) is 1. The van der Waals surface area contributed by atoms with Gasteiger partial charge < -0.3 is 14.6 Å². The Kier molecular flexibility index (Phi) is 3.38. The van der Waals surface area contributed by atoms with Gasteiger partial charge in [0.15, 0.2) is 11.6 Å². The molecular weight excluding hydrogens is 263 g/mol. The average Bonchev–Trinajstić information content (AvgIpc) is 2.39. The van der Waals surface area contributed by atoms with Gasteiger partial charge in [-0.3, -0.25) is 0 Å². The molecule has 0 aromatic heterocycles. The highest BCUT2D eigenvalue weighted by atomic mass is 19.1. The lowest BCUT2D eigenvalue weighted by Crippen LogP contribution is -2.48. The van der Waals surface area contributed by atoms with Crippen LogP contribution in [0.2, 0.25) is 0 Å². The van der Waals surface area contributed by atoms with Crippen molar-refractivity contribution >= 4 is 5.97 Å². The Bertz CT molecular complexity index is 525. The summed E-state index contributed by atoms with van der Waals surface area (Å²) in [5.74, 6) is -1.95. The van der Waals surface area contributed by atoms with Crippen LogP contribution in [-0.2, 0) is 4.74 Å². The second-order valence-electron chi connectivity index (χ2n) is 5.54. The average molecular weight is 280 g/mol. The van der Waals surface area contributed by atoms with Gasteiger partial charge in [-0.15, -0.1) is 0 Å². The Morgan fingerprint density at radius 2 is 2.25 bits per heavy atom. The number of hydrogen-bond donors (Lipinski definition) is 1. The van der Waals surface area contributed by atoms with E-state index >= 15 is 0 Å².